The molecule has 1 saturated heterocycles. The van der Waals surface area contributed by atoms with E-state index in [1.165, 1.54) is 17.7 Å². The lowest BCUT2D eigenvalue weighted by Gasteiger charge is -2.10. The fraction of sp³-hybridized carbons (Fsp3) is 0.438. The van der Waals surface area contributed by atoms with Crippen molar-refractivity contribution >= 4 is 16.9 Å². The first kappa shape index (κ1) is 13.9. The maximum Gasteiger partial charge on any atom is 0.342 e. The summed E-state index contributed by atoms with van der Waals surface area (Å²) >= 11 is 0. The molecule has 3 rings (SSSR count). The molecule has 21 heavy (non-hydrogen) atoms. The molecule has 1 aromatic carbocycles. The zero-order valence-corrected chi connectivity index (χ0v) is 12.1. The fourth-order valence-electron chi connectivity index (χ4n) is 2.97. The Hall–Kier alpha value is -2.01. The summed E-state index contributed by atoms with van der Waals surface area (Å²) in [5.41, 5.74) is 1.08. The molecule has 0 radical (unpaired) electrons. The molecule has 2 heterocycles. The summed E-state index contributed by atoms with van der Waals surface area (Å²) in [5, 5.41) is 10.3. The van der Waals surface area contributed by atoms with E-state index in [0.717, 1.165) is 13.1 Å². The minimum Gasteiger partial charge on any atom is -0.508 e. The number of fused-ring (bicyclic) bond motifs is 1. The van der Waals surface area contributed by atoms with E-state index >= 15 is 0 Å². The molecule has 5 heteroatoms. The minimum atomic E-state index is -0.379. The second kappa shape index (κ2) is 5.77. The van der Waals surface area contributed by atoms with E-state index in [2.05, 4.69) is 0 Å². The molecule has 2 N–H and O–H groups in total. The topological polar surface area (TPSA) is 64.1 Å². The lowest BCUT2D eigenvalue weighted by Crippen LogP contribution is -3.08. The Kier molecular flexibility index (Phi) is 3.84. The van der Waals surface area contributed by atoms with Crippen molar-refractivity contribution in [3.8, 4) is 5.75 Å². The van der Waals surface area contributed by atoms with Crippen LogP contribution in [-0.4, -0.2) is 30.8 Å². The third-order valence-corrected chi connectivity index (χ3v) is 3.95. The monoisotopic (exact) mass is 290 g/mol. The van der Waals surface area contributed by atoms with E-state index in [1.54, 1.807) is 25.1 Å². The summed E-state index contributed by atoms with van der Waals surface area (Å²) in [6.45, 7) is 4.99. The van der Waals surface area contributed by atoms with Crippen LogP contribution in [0.1, 0.15) is 35.9 Å². The number of furan rings is 1. The van der Waals surface area contributed by atoms with Crippen LogP contribution in [0.2, 0.25) is 0 Å². The highest BCUT2D eigenvalue weighted by atomic mass is 16.5. The average Bonchev–Trinajstić information content (AvgIpc) is 3.06. The summed E-state index contributed by atoms with van der Waals surface area (Å²) in [7, 11) is 0. The van der Waals surface area contributed by atoms with Crippen molar-refractivity contribution in [1.29, 1.82) is 0 Å². The number of carbonyl (C=O) groups is 1. The largest absolute Gasteiger partial charge is 0.508 e. The fourth-order valence-corrected chi connectivity index (χ4v) is 2.97. The first-order valence-corrected chi connectivity index (χ1v) is 7.44. The molecule has 1 aromatic heterocycles. The number of aromatic hydroxyl groups is 1. The van der Waals surface area contributed by atoms with Crippen LogP contribution in [0.15, 0.2) is 22.6 Å². The molecule has 2 aromatic rings. The van der Waals surface area contributed by atoms with Crippen LogP contribution in [0.3, 0.4) is 0 Å². The molecular formula is C16H20NO4+. The van der Waals surface area contributed by atoms with Gasteiger partial charge in [-0.3, -0.25) is 0 Å². The Morgan fingerprint density at radius 2 is 2.14 bits per heavy atom. The predicted molar refractivity (Wildman–Crippen MR) is 77.5 cm³/mol. The van der Waals surface area contributed by atoms with Gasteiger partial charge in [-0.05, 0) is 25.1 Å². The van der Waals surface area contributed by atoms with Crippen LogP contribution in [0.5, 0.6) is 5.75 Å². The van der Waals surface area contributed by atoms with Gasteiger partial charge in [0.25, 0.3) is 0 Å². The quantitative estimate of drug-likeness (QED) is 0.838. The minimum absolute atomic E-state index is 0.119. The van der Waals surface area contributed by atoms with Crippen molar-refractivity contribution < 1.29 is 24.0 Å². The van der Waals surface area contributed by atoms with Gasteiger partial charge in [0.1, 0.15) is 23.4 Å². The first-order chi connectivity index (χ1) is 10.2. The summed E-state index contributed by atoms with van der Waals surface area (Å²) in [6, 6.07) is 4.82. The number of hydrogen-bond acceptors (Lipinski definition) is 4. The Morgan fingerprint density at radius 3 is 2.86 bits per heavy atom. The first-order valence-electron chi connectivity index (χ1n) is 7.44. The molecule has 0 amide bonds. The van der Waals surface area contributed by atoms with Gasteiger partial charge in [-0.1, -0.05) is 0 Å². The van der Waals surface area contributed by atoms with E-state index in [4.69, 9.17) is 9.15 Å². The van der Waals surface area contributed by atoms with Gasteiger partial charge in [-0.25, -0.2) is 4.79 Å². The van der Waals surface area contributed by atoms with E-state index in [-0.39, 0.29) is 11.7 Å². The summed E-state index contributed by atoms with van der Waals surface area (Å²) in [5.74, 6) is 0.398. The maximum absolute atomic E-state index is 12.3. The SMILES string of the molecule is CCOC(=O)c1c(C[NH+]2CCCC2)oc2ccc(O)cc12. The summed E-state index contributed by atoms with van der Waals surface area (Å²) in [4.78, 5) is 13.7. The zero-order valence-electron chi connectivity index (χ0n) is 12.1. The maximum atomic E-state index is 12.3. The molecule has 0 atom stereocenters. The molecule has 5 nitrogen and oxygen atoms in total. The van der Waals surface area contributed by atoms with Gasteiger partial charge in [0.2, 0.25) is 0 Å². The van der Waals surface area contributed by atoms with Gasteiger partial charge in [0.15, 0.2) is 5.76 Å². The van der Waals surface area contributed by atoms with Crippen LogP contribution in [0.4, 0.5) is 0 Å². The van der Waals surface area contributed by atoms with Crippen LogP contribution < -0.4 is 4.90 Å². The van der Waals surface area contributed by atoms with Gasteiger partial charge in [0.05, 0.1) is 19.7 Å². The molecule has 0 bridgehead atoms. The lowest BCUT2D eigenvalue weighted by atomic mass is 10.1. The summed E-state index contributed by atoms with van der Waals surface area (Å²) < 4.78 is 11.0. The van der Waals surface area contributed by atoms with Crippen molar-refractivity contribution in [2.24, 2.45) is 0 Å². The highest BCUT2D eigenvalue weighted by Crippen LogP contribution is 2.29. The van der Waals surface area contributed by atoms with Crippen molar-refractivity contribution in [2.45, 2.75) is 26.3 Å². The van der Waals surface area contributed by atoms with Gasteiger partial charge in [-0.2, -0.15) is 0 Å². The molecule has 1 aliphatic rings. The van der Waals surface area contributed by atoms with Gasteiger partial charge >= 0.3 is 5.97 Å². The van der Waals surface area contributed by atoms with E-state index in [1.807, 2.05) is 0 Å². The summed E-state index contributed by atoms with van der Waals surface area (Å²) in [6.07, 6.45) is 2.43. The van der Waals surface area contributed by atoms with Crippen LogP contribution in [0, 0.1) is 0 Å². The Labute approximate surface area is 123 Å². The van der Waals surface area contributed by atoms with Gasteiger partial charge < -0.3 is 19.2 Å². The number of quaternary nitrogens is 1. The Bertz CT molecular complexity index is 656. The standard InChI is InChI=1S/C16H19NO4/c1-2-20-16(19)15-12-9-11(18)5-6-13(12)21-14(15)10-17-7-3-4-8-17/h5-6,9,18H,2-4,7-8,10H2,1H3/p+1. The number of benzene rings is 1. The highest BCUT2D eigenvalue weighted by molar-refractivity contribution is 6.04. The second-order valence-electron chi connectivity index (χ2n) is 5.44. The lowest BCUT2D eigenvalue weighted by molar-refractivity contribution is -0.902. The molecular weight excluding hydrogens is 270 g/mol. The molecule has 0 unspecified atom stereocenters. The molecule has 112 valence electrons. The van der Waals surface area contributed by atoms with Crippen LogP contribution >= 0.6 is 0 Å². The predicted octanol–water partition coefficient (Wildman–Crippen LogP) is 1.49. The third kappa shape index (κ3) is 2.74. The number of likely N-dealkylation sites (tertiary alicyclic amines) is 1. The Morgan fingerprint density at radius 1 is 1.38 bits per heavy atom. The van der Waals surface area contributed by atoms with Gasteiger partial charge in [-0.15, -0.1) is 0 Å². The number of rotatable bonds is 4. The zero-order chi connectivity index (χ0) is 14.8. The smallest absolute Gasteiger partial charge is 0.342 e. The van der Waals surface area contributed by atoms with E-state index in [9.17, 15) is 9.90 Å². The Balaban J connectivity index is 2.03. The molecule has 1 fully saturated rings. The number of nitrogens with one attached hydrogen (secondary N) is 1. The number of esters is 1. The highest BCUT2D eigenvalue weighted by Gasteiger charge is 2.26. The van der Waals surface area contributed by atoms with E-state index in [0.29, 0.717) is 35.4 Å². The van der Waals surface area contributed by atoms with Crippen LogP contribution in [0.25, 0.3) is 11.0 Å². The van der Waals surface area contributed by atoms with Crippen LogP contribution in [-0.2, 0) is 11.3 Å². The number of phenols is 1. The van der Waals surface area contributed by atoms with Crippen molar-refractivity contribution in [1.82, 2.24) is 0 Å². The van der Waals surface area contributed by atoms with Gasteiger partial charge in [0, 0.05) is 18.2 Å². The number of hydrogen-bond donors (Lipinski definition) is 2. The third-order valence-electron chi connectivity index (χ3n) is 3.95. The van der Waals surface area contributed by atoms with Crippen molar-refractivity contribution in [2.75, 3.05) is 19.7 Å². The number of carbonyl (C=O) groups excluding carboxylic acids is 1. The van der Waals surface area contributed by atoms with Crippen molar-refractivity contribution in [3.05, 3.63) is 29.5 Å². The van der Waals surface area contributed by atoms with Crippen molar-refractivity contribution in [3.63, 3.8) is 0 Å². The average molecular weight is 290 g/mol. The molecule has 0 spiro atoms. The second-order valence-corrected chi connectivity index (χ2v) is 5.44. The molecule has 1 aliphatic heterocycles. The molecule has 0 aliphatic carbocycles. The normalized spacial score (nSPS) is 15.7. The number of ether oxygens (including phenoxy) is 1. The molecule has 0 saturated carbocycles. The van der Waals surface area contributed by atoms with E-state index < -0.39 is 0 Å². The number of phenolic OH excluding ortho intramolecular Hbond substituents is 1.